The molecular weight excluding hydrogens is 308 g/mol. The Morgan fingerprint density at radius 3 is 2.87 bits per heavy atom. The van der Waals surface area contributed by atoms with Gasteiger partial charge in [0.15, 0.2) is 0 Å². The summed E-state index contributed by atoms with van der Waals surface area (Å²) in [6.07, 6.45) is 7.03. The molecule has 23 heavy (non-hydrogen) atoms. The fourth-order valence-electron chi connectivity index (χ4n) is 3.68. The molecule has 4 nitrogen and oxygen atoms in total. The van der Waals surface area contributed by atoms with Crippen LogP contribution in [0.25, 0.3) is 10.2 Å². The zero-order valence-electron chi connectivity index (χ0n) is 13.2. The zero-order valence-corrected chi connectivity index (χ0v) is 14.1. The van der Waals surface area contributed by atoms with Gasteiger partial charge in [0.2, 0.25) is 5.91 Å². The summed E-state index contributed by atoms with van der Waals surface area (Å²) in [7, 11) is 0. The number of amides is 1. The second kappa shape index (κ2) is 6.57. The fraction of sp³-hybridized carbons (Fsp3) is 0.556. The Hall–Kier alpha value is -1.46. The third kappa shape index (κ3) is 3.12. The summed E-state index contributed by atoms with van der Waals surface area (Å²) in [6.45, 7) is 1.06. The number of benzene rings is 1. The molecule has 1 aromatic heterocycles. The first-order valence-electron chi connectivity index (χ1n) is 8.58. The lowest BCUT2D eigenvalue weighted by atomic mass is 10.2. The number of likely N-dealkylation sites (tertiary alicyclic amines) is 1. The minimum atomic E-state index is 0.124. The smallest absolute Gasteiger partial charge is 0.249 e. The minimum Gasteiger partial charge on any atom is -0.368 e. The molecule has 1 saturated heterocycles. The summed E-state index contributed by atoms with van der Waals surface area (Å²) in [4.78, 5) is 19.3. The van der Waals surface area contributed by atoms with Gasteiger partial charge in [0.25, 0.3) is 0 Å². The number of hydrogen-bond acceptors (Lipinski definition) is 4. The number of para-hydroxylation sites is 1. The van der Waals surface area contributed by atoms with Gasteiger partial charge in [-0.15, -0.1) is 11.3 Å². The number of nitrogens with zero attached hydrogens (tertiary/aromatic N) is 2. The van der Waals surface area contributed by atoms with Gasteiger partial charge < -0.3 is 9.64 Å². The number of rotatable bonds is 4. The van der Waals surface area contributed by atoms with Gasteiger partial charge in [0.1, 0.15) is 11.6 Å². The molecule has 1 aromatic carbocycles. The van der Waals surface area contributed by atoms with Crippen LogP contribution in [0.15, 0.2) is 24.3 Å². The van der Waals surface area contributed by atoms with Gasteiger partial charge in [-0.05, 0) is 37.8 Å². The van der Waals surface area contributed by atoms with E-state index in [-0.39, 0.29) is 18.6 Å². The Morgan fingerprint density at radius 2 is 2.04 bits per heavy atom. The van der Waals surface area contributed by atoms with Crippen LogP contribution in [0.4, 0.5) is 0 Å². The predicted molar refractivity (Wildman–Crippen MR) is 91.5 cm³/mol. The number of thiazole rings is 1. The highest BCUT2D eigenvalue weighted by atomic mass is 32.1. The number of ether oxygens (including phenoxy) is 1. The molecule has 0 spiro atoms. The van der Waals surface area contributed by atoms with Crippen LogP contribution in [-0.2, 0) is 9.53 Å². The molecule has 2 aliphatic rings. The van der Waals surface area contributed by atoms with Crippen LogP contribution < -0.4 is 0 Å². The second-order valence-electron chi connectivity index (χ2n) is 6.48. The average Bonchev–Trinajstić information content (AvgIpc) is 3.31. The predicted octanol–water partition coefficient (Wildman–Crippen LogP) is 3.92. The first kappa shape index (κ1) is 15.1. The standard InChI is InChI=1S/C18H22N2O2S/c21-17(12-22-13-6-1-2-7-13)20-11-5-9-15(20)18-19-14-8-3-4-10-16(14)23-18/h3-4,8,10,13,15H,1-2,5-7,9,11-12H2/t15-/m1/s1. The molecule has 4 rings (SSSR count). The monoisotopic (exact) mass is 330 g/mol. The molecule has 1 amide bonds. The topological polar surface area (TPSA) is 42.4 Å². The van der Waals surface area contributed by atoms with Crippen LogP contribution in [0.3, 0.4) is 0 Å². The summed E-state index contributed by atoms with van der Waals surface area (Å²) in [5.41, 5.74) is 1.04. The van der Waals surface area contributed by atoms with Crippen molar-refractivity contribution in [2.45, 2.75) is 50.7 Å². The van der Waals surface area contributed by atoms with Crippen molar-refractivity contribution in [1.82, 2.24) is 9.88 Å². The van der Waals surface area contributed by atoms with Crippen LogP contribution in [0, 0.1) is 0 Å². The van der Waals surface area contributed by atoms with Crippen molar-refractivity contribution in [2.24, 2.45) is 0 Å². The Bertz CT molecular complexity index is 660. The summed E-state index contributed by atoms with van der Waals surface area (Å²) < 4.78 is 7.01. The first-order chi connectivity index (χ1) is 11.3. The molecule has 1 aliphatic heterocycles. The summed E-state index contributed by atoms with van der Waals surface area (Å²) in [5.74, 6) is 0.124. The van der Waals surface area contributed by atoms with E-state index in [1.54, 1.807) is 11.3 Å². The highest BCUT2D eigenvalue weighted by molar-refractivity contribution is 7.18. The Morgan fingerprint density at radius 1 is 1.22 bits per heavy atom. The van der Waals surface area contributed by atoms with Crippen LogP contribution in [0.1, 0.15) is 49.6 Å². The lowest BCUT2D eigenvalue weighted by Crippen LogP contribution is -2.34. The van der Waals surface area contributed by atoms with Crippen LogP contribution >= 0.6 is 11.3 Å². The number of fused-ring (bicyclic) bond motifs is 1. The molecule has 0 bridgehead atoms. The molecule has 1 saturated carbocycles. The van der Waals surface area contributed by atoms with E-state index in [1.807, 2.05) is 23.1 Å². The lowest BCUT2D eigenvalue weighted by molar-refractivity contribution is -0.139. The highest BCUT2D eigenvalue weighted by Crippen LogP contribution is 2.36. The largest absolute Gasteiger partial charge is 0.368 e. The third-order valence-electron chi connectivity index (χ3n) is 4.91. The molecule has 0 unspecified atom stereocenters. The van der Waals surface area contributed by atoms with Gasteiger partial charge >= 0.3 is 0 Å². The fourth-order valence-corrected chi connectivity index (χ4v) is 4.80. The van der Waals surface area contributed by atoms with E-state index in [2.05, 4.69) is 6.07 Å². The molecule has 1 aliphatic carbocycles. The van der Waals surface area contributed by atoms with Gasteiger partial charge in [-0.2, -0.15) is 0 Å². The van der Waals surface area contributed by atoms with Gasteiger partial charge in [-0.25, -0.2) is 4.98 Å². The van der Waals surface area contributed by atoms with Gasteiger partial charge in [0.05, 0.1) is 22.4 Å². The van der Waals surface area contributed by atoms with Crippen LogP contribution in [0.5, 0.6) is 0 Å². The van der Waals surface area contributed by atoms with Crippen molar-refractivity contribution < 1.29 is 9.53 Å². The number of aromatic nitrogens is 1. The number of hydrogen-bond donors (Lipinski definition) is 0. The van der Waals surface area contributed by atoms with Crippen molar-refractivity contribution in [2.75, 3.05) is 13.2 Å². The highest BCUT2D eigenvalue weighted by Gasteiger charge is 2.32. The van der Waals surface area contributed by atoms with Crippen LogP contribution in [-0.4, -0.2) is 35.0 Å². The average molecular weight is 330 g/mol. The van der Waals surface area contributed by atoms with E-state index in [4.69, 9.17) is 9.72 Å². The summed E-state index contributed by atoms with van der Waals surface area (Å²) >= 11 is 1.71. The molecule has 122 valence electrons. The Balaban J connectivity index is 1.46. The van der Waals surface area contributed by atoms with E-state index < -0.39 is 0 Å². The lowest BCUT2D eigenvalue weighted by Gasteiger charge is -2.23. The van der Waals surface area contributed by atoms with Gasteiger partial charge in [-0.1, -0.05) is 25.0 Å². The maximum Gasteiger partial charge on any atom is 0.249 e. The molecule has 2 aromatic rings. The van der Waals surface area contributed by atoms with Crippen molar-refractivity contribution in [3.8, 4) is 0 Å². The summed E-state index contributed by atoms with van der Waals surface area (Å²) in [5, 5.41) is 1.07. The third-order valence-corrected chi connectivity index (χ3v) is 6.05. The van der Waals surface area contributed by atoms with Gasteiger partial charge in [-0.3, -0.25) is 4.79 Å². The van der Waals surface area contributed by atoms with E-state index in [1.165, 1.54) is 17.5 Å². The maximum atomic E-state index is 12.6. The van der Waals surface area contributed by atoms with E-state index in [9.17, 15) is 4.79 Å². The zero-order chi connectivity index (χ0) is 15.6. The van der Waals surface area contributed by atoms with Crippen LogP contribution in [0.2, 0.25) is 0 Å². The Labute approximate surface area is 140 Å². The molecular formula is C18H22N2O2S. The molecule has 0 radical (unpaired) electrons. The van der Waals surface area contributed by atoms with E-state index in [0.29, 0.717) is 6.10 Å². The molecule has 1 atom stereocenters. The quantitative estimate of drug-likeness (QED) is 0.853. The number of carbonyl (C=O) groups is 1. The molecule has 2 fully saturated rings. The SMILES string of the molecule is O=C(COC1CCCC1)N1CCC[C@@H]1c1nc2ccccc2s1. The second-order valence-corrected chi connectivity index (χ2v) is 7.54. The van der Waals surface area contributed by atoms with E-state index >= 15 is 0 Å². The normalized spacial score (nSPS) is 22.3. The van der Waals surface area contributed by atoms with E-state index in [0.717, 1.165) is 42.8 Å². The molecule has 5 heteroatoms. The number of carbonyl (C=O) groups excluding carboxylic acids is 1. The Kier molecular flexibility index (Phi) is 4.31. The first-order valence-corrected chi connectivity index (χ1v) is 9.39. The van der Waals surface area contributed by atoms with Crippen molar-refractivity contribution >= 4 is 27.5 Å². The minimum absolute atomic E-state index is 0.124. The van der Waals surface area contributed by atoms with Crippen molar-refractivity contribution in [3.05, 3.63) is 29.3 Å². The van der Waals surface area contributed by atoms with Crippen molar-refractivity contribution in [3.63, 3.8) is 0 Å². The van der Waals surface area contributed by atoms with Crippen molar-refractivity contribution in [1.29, 1.82) is 0 Å². The molecule has 2 heterocycles. The van der Waals surface area contributed by atoms with Gasteiger partial charge in [0, 0.05) is 6.54 Å². The molecule has 0 N–H and O–H groups in total. The summed E-state index contributed by atoms with van der Waals surface area (Å²) in [6, 6.07) is 8.32. The maximum absolute atomic E-state index is 12.6.